The number of rotatable bonds is 5. The Hall–Kier alpha value is -3.54. The molecule has 0 radical (unpaired) electrons. The van der Waals surface area contributed by atoms with Gasteiger partial charge >= 0.3 is 0 Å². The number of phenols is 1. The van der Waals surface area contributed by atoms with Crippen molar-refractivity contribution >= 4 is 11.6 Å². The number of phenolic OH excluding ortho intramolecular Hbond substituents is 1. The molecule has 6 heteroatoms. The molecular weight excluding hydrogens is 486 g/mol. The van der Waals surface area contributed by atoms with Crippen LogP contribution in [0, 0.1) is 0 Å². The first kappa shape index (κ1) is 27.0. The SMILES string of the molecule is CC(C)(C)c1cc(Cc2ccccc2)cc(C(C)(C)C)c1O.O=C1C=C(N2CC2)C(=O)C(N2CC2)=C1N1CC1. The minimum Gasteiger partial charge on any atom is -0.507 e. The van der Waals surface area contributed by atoms with Gasteiger partial charge in [0.2, 0.25) is 11.6 Å². The molecule has 39 heavy (non-hydrogen) atoms. The van der Waals surface area contributed by atoms with E-state index in [4.69, 9.17) is 0 Å². The molecule has 206 valence electrons. The van der Waals surface area contributed by atoms with Crippen LogP contribution in [0.1, 0.15) is 63.8 Å². The molecule has 3 saturated heterocycles. The van der Waals surface area contributed by atoms with Gasteiger partial charge in [-0.1, -0.05) is 84.0 Å². The van der Waals surface area contributed by atoms with E-state index in [0.29, 0.717) is 22.8 Å². The summed E-state index contributed by atoms with van der Waals surface area (Å²) in [6.45, 7) is 18.3. The van der Waals surface area contributed by atoms with E-state index in [1.54, 1.807) is 0 Å². The van der Waals surface area contributed by atoms with E-state index >= 15 is 0 Å². The Morgan fingerprint density at radius 2 is 1.18 bits per heavy atom. The lowest BCUT2D eigenvalue weighted by molar-refractivity contribution is -0.117. The second kappa shape index (κ2) is 9.89. The molecule has 0 saturated carbocycles. The summed E-state index contributed by atoms with van der Waals surface area (Å²) in [6.07, 6.45) is 2.42. The zero-order chi connectivity index (χ0) is 28.1. The van der Waals surface area contributed by atoms with Gasteiger partial charge in [-0.25, -0.2) is 0 Å². The lowest BCUT2D eigenvalue weighted by atomic mass is 9.78. The third kappa shape index (κ3) is 6.05. The van der Waals surface area contributed by atoms with E-state index in [2.05, 4.69) is 77.9 Å². The number of carbonyl (C=O) groups is 2. The molecule has 1 aliphatic carbocycles. The maximum absolute atomic E-state index is 12.4. The van der Waals surface area contributed by atoms with Crippen molar-refractivity contribution in [3.8, 4) is 5.75 Å². The van der Waals surface area contributed by atoms with Crippen molar-refractivity contribution in [2.75, 3.05) is 39.3 Å². The molecule has 0 bridgehead atoms. The zero-order valence-corrected chi connectivity index (χ0v) is 24.2. The molecule has 0 aromatic heterocycles. The zero-order valence-electron chi connectivity index (χ0n) is 24.2. The lowest BCUT2D eigenvalue weighted by Gasteiger charge is -2.28. The van der Waals surface area contributed by atoms with Gasteiger partial charge in [0, 0.05) is 45.3 Å². The van der Waals surface area contributed by atoms with Gasteiger partial charge in [-0.3, -0.25) is 9.59 Å². The van der Waals surface area contributed by atoms with Gasteiger partial charge in [-0.15, -0.1) is 0 Å². The van der Waals surface area contributed by atoms with Crippen molar-refractivity contribution in [3.63, 3.8) is 0 Å². The molecule has 0 amide bonds. The molecule has 3 heterocycles. The molecule has 1 N–H and O–H groups in total. The Morgan fingerprint density at radius 3 is 1.64 bits per heavy atom. The molecule has 6 rings (SSSR count). The Morgan fingerprint density at radius 1 is 0.692 bits per heavy atom. The highest BCUT2D eigenvalue weighted by molar-refractivity contribution is 6.22. The summed E-state index contributed by atoms with van der Waals surface area (Å²) in [5.74, 6) is 0.504. The van der Waals surface area contributed by atoms with Crippen LogP contribution in [-0.2, 0) is 26.8 Å². The van der Waals surface area contributed by atoms with E-state index in [1.165, 1.54) is 17.2 Å². The summed E-state index contributed by atoms with van der Waals surface area (Å²) in [5.41, 5.74) is 6.37. The molecule has 4 aliphatic rings. The largest absolute Gasteiger partial charge is 0.507 e. The third-order valence-corrected chi connectivity index (χ3v) is 7.52. The Bertz CT molecular complexity index is 1310. The van der Waals surface area contributed by atoms with Crippen molar-refractivity contribution in [1.29, 1.82) is 0 Å². The Labute approximate surface area is 232 Å². The first-order valence-corrected chi connectivity index (χ1v) is 14.0. The minimum absolute atomic E-state index is 0.00546. The summed E-state index contributed by atoms with van der Waals surface area (Å²) >= 11 is 0. The van der Waals surface area contributed by atoms with Gasteiger partial charge in [0.05, 0.1) is 5.70 Å². The van der Waals surface area contributed by atoms with E-state index in [-0.39, 0.29) is 22.4 Å². The van der Waals surface area contributed by atoms with E-state index in [0.717, 1.165) is 56.8 Å². The van der Waals surface area contributed by atoms with Gasteiger partial charge < -0.3 is 19.8 Å². The van der Waals surface area contributed by atoms with Crippen LogP contribution in [0.5, 0.6) is 5.75 Å². The van der Waals surface area contributed by atoms with Crippen molar-refractivity contribution in [2.24, 2.45) is 0 Å². The van der Waals surface area contributed by atoms with Gasteiger partial charge in [-0.2, -0.15) is 0 Å². The normalized spacial score (nSPS) is 18.6. The first-order valence-electron chi connectivity index (χ1n) is 14.0. The number of ketones is 2. The highest BCUT2D eigenvalue weighted by atomic mass is 16.3. The van der Waals surface area contributed by atoms with Crippen molar-refractivity contribution < 1.29 is 14.7 Å². The Balaban J connectivity index is 0.000000162. The molecular formula is C33H41N3O3. The second-order valence-corrected chi connectivity index (χ2v) is 13.1. The number of aromatic hydroxyl groups is 1. The standard InChI is InChI=1S/C21H28O.C12H13N3O2/c1-20(2,3)17-13-16(12-15-10-8-7-9-11-15)14-18(19(17)22)21(4,5)6;16-9-7-8(13-1-2-13)12(17)11(15-5-6-15)10(9)14-3-4-14/h7-11,13-14,22H,12H2,1-6H3;7H,1-6H2. The topological polar surface area (TPSA) is 63.4 Å². The summed E-state index contributed by atoms with van der Waals surface area (Å²) in [5, 5.41) is 10.8. The van der Waals surface area contributed by atoms with Crippen LogP contribution >= 0.6 is 0 Å². The predicted molar refractivity (Wildman–Crippen MR) is 155 cm³/mol. The number of Topliss-reactive ketones (excluding diaryl/α,β-unsaturated/α-hetero) is 1. The van der Waals surface area contributed by atoms with Gasteiger partial charge in [0.25, 0.3) is 0 Å². The molecule has 3 fully saturated rings. The first-order chi connectivity index (χ1) is 18.3. The van der Waals surface area contributed by atoms with Crippen LogP contribution in [0.2, 0.25) is 0 Å². The van der Waals surface area contributed by atoms with Crippen LogP contribution in [-0.4, -0.2) is 70.6 Å². The van der Waals surface area contributed by atoms with Crippen LogP contribution in [0.3, 0.4) is 0 Å². The summed E-state index contributed by atoms with van der Waals surface area (Å²) in [6, 6.07) is 14.8. The monoisotopic (exact) mass is 527 g/mol. The number of hydrogen-bond donors (Lipinski definition) is 1. The predicted octanol–water partition coefficient (Wildman–Crippen LogP) is 4.76. The van der Waals surface area contributed by atoms with Crippen LogP contribution < -0.4 is 0 Å². The smallest absolute Gasteiger partial charge is 0.227 e. The summed E-state index contributed by atoms with van der Waals surface area (Å²) in [7, 11) is 0. The molecule has 0 atom stereocenters. The summed E-state index contributed by atoms with van der Waals surface area (Å²) in [4.78, 5) is 30.5. The van der Waals surface area contributed by atoms with E-state index < -0.39 is 0 Å². The second-order valence-electron chi connectivity index (χ2n) is 13.1. The fourth-order valence-corrected chi connectivity index (χ4v) is 5.05. The number of allylic oxidation sites excluding steroid dienone is 1. The lowest BCUT2D eigenvalue weighted by Crippen LogP contribution is -2.29. The van der Waals surface area contributed by atoms with E-state index in [9.17, 15) is 14.7 Å². The highest BCUT2D eigenvalue weighted by Crippen LogP contribution is 2.40. The van der Waals surface area contributed by atoms with Crippen LogP contribution in [0.15, 0.2) is 65.6 Å². The molecule has 0 unspecified atom stereocenters. The molecule has 2 aromatic rings. The van der Waals surface area contributed by atoms with Gasteiger partial charge in [-0.05, 0) is 39.5 Å². The Kier molecular flexibility index (Phi) is 6.86. The van der Waals surface area contributed by atoms with E-state index in [1.807, 2.05) is 20.8 Å². The highest BCUT2D eigenvalue weighted by Gasteiger charge is 2.43. The number of carbonyl (C=O) groups excluding carboxylic acids is 2. The number of nitrogens with zero attached hydrogens (tertiary/aromatic N) is 3. The average molecular weight is 528 g/mol. The van der Waals surface area contributed by atoms with Crippen molar-refractivity contribution in [3.05, 3.63) is 87.9 Å². The van der Waals surface area contributed by atoms with Gasteiger partial charge in [0.15, 0.2) is 0 Å². The summed E-state index contributed by atoms with van der Waals surface area (Å²) < 4.78 is 0. The van der Waals surface area contributed by atoms with Crippen LogP contribution in [0.25, 0.3) is 0 Å². The third-order valence-electron chi connectivity index (χ3n) is 7.52. The minimum atomic E-state index is -0.0726. The van der Waals surface area contributed by atoms with Crippen LogP contribution in [0.4, 0.5) is 0 Å². The number of benzene rings is 2. The fourth-order valence-electron chi connectivity index (χ4n) is 5.05. The maximum atomic E-state index is 12.4. The molecule has 6 nitrogen and oxygen atoms in total. The maximum Gasteiger partial charge on any atom is 0.227 e. The fraction of sp³-hybridized carbons (Fsp3) is 0.455. The van der Waals surface area contributed by atoms with Crippen molar-refractivity contribution in [1.82, 2.24) is 14.7 Å². The van der Waals surface area contributed by atoms with Crippen molar-refractivity contribution in [2.45, 2.75) is 58.8 Å². The van der Waals surface area contributed by atoms with Gasteiger partial charge in [0.1, 0.15) is 17.1 Å². The molecule has 2 aromatic carbocycles. The molecule has 3 aliphatic heterocycles. The number of hydrogen-bond acceptors (Lipinski definition) is 6. The molecule has 0 spiro atoms. The average Bonchev–Trinajstić information content (AvgIpc) is 3.70. The quantitative estimate of drug-likeness (QED) is 0.447.